The normalized spacial score (nSPS) is 11.6. The topological polar surface area (TPSA) is 22.0 Å². The third-order valence-electron chi connectivity index (χ3n) is 1.87. The van der Waals surface area contributed by atoms with Gasteiger partial charge in [-0.25, -0.2) is 4.39 Å². The third kappa shape index (κ3) is 3.40. The Bertz CT molecular complexity index is 285. The Kier molecular flexibility index (Phi) is 2.86. The van der Waals surface area contributed by atoms with E-state index < -0.39 is 5.67 Å². The van der Waals surface area contributed by atoms with Crippen LogP contribution in [-0.4, -0.2) is 16.5 Å². The molecule has 0 unspecified atom stereocenters. The van der Waals surface area contributed by atoms with Crippen LogP contribution in [0.2, 0.25) is 0 Å². The standard InChI is InChI=1S/C10H14FNO/c1-10(2,11)4-6-12-5-3-9(7-12)8-13/h3,5,7-8H,4,6H2,1-2H3. The van der Waals surface area contributed by atoms with Crippen LogP contribution >= 0.6 is 0 Å². The fraction of sp³-hybridized carbons (Fsp3) is 0.500. The lowest BCUT2D eigenvalue weighted by molar-refractivity contribution is 0.112. The van der Waals surface area contributed by atoms with Gasteiger partial charge in [-0.15, -0.1) is 0 Å². The van der Waals surface area contributed by atoms with Crippen molar-refractivity contribution in [2.24, 2.45) is 0 Å². The zero-order valence-electron chi connectivity index (χ0n) is 7.96. The summed E-state index contributed by atoms with van der Waals surface area (Å²) in [5.41, 5.74) is -0.511. The molecule has 1 aromatic heterocycles. The van der Waals surface area contributed by atoms with Gasteiger partial charge in [0.05, 0.1) is 0 Å². The van der Waals surface area contributed by atoms with E-state index in [1.54, 1.807) is 32.3 Å². The van der Waals surface area contributed by atoms with Gasteiger partial charge in [0.25, 0.3) is 0 Å². The van der Waals surface area contributed by atoms with Crippen molar-refractivity contribution in [2.45, 2.75) is 32.5 Å². The number of hydrogen-bond acceptors (Lipinski definition) is 1. The second-order valence-corrected chi connectivity index (χ2v) is 3.77. The summed E-state index contributed by atoms with van der Waals surface area (Å²) in [6, 6.07) is 1.72. The van der Waals surface area contributed by atoms with E-state index in [0.717, 1.165) is 6.29 Å². The Morgan fingerprint density at radius 1 is 1.62 bits per heavy atom. The van der Waals surface area contributed by atoms with Gasteiger partial charge in [-0.1, -0.05) is 0 Å². The molecule has 1 aromatic rings. The van der Waals surface area contributed by atoms with Crippen LogP contribution in [0.3, 0.4) is 0 Å². The number of halogens is 1. The van der Waals surface area contributed by atoms with Gasteiger partial charge < -0.3 is 4.57 Å². The van der Waals surface area contributed by atoms with Crippen molar-refractivity contribution in [1.82, 2.24) is 4.57 Å². The maximum atomic E-state index is 13.1. The van der Waals surface area contributed by atoms with E-state index in [9.17, 15) is 9.18 Å². The van der Waals surface area contributed by atoms with Crippen LogP contribution in [-0.2, 0) is 6.54 Å². The van der Waals surface area contributed by atoms with Crippen molar-refractivity contribution >= 4 is 6.29 Å². The van der Waals surface area contributed by atoms with Gasteiger partial charge in [-0.05, 0) is 26.3 Å². The molecule has 0 aliphatic heterocycles. The molecule has 2 nitrogen and oxygen atoms in total. The molecular formula is C10H14FNO. The molecule has 0 amide bonds. The predicted octanol–water partition coefficient (Wildman–Crippen LogP) is 2.44. The first-order valence-corrected chi connectivity index (χ1v) is 4.31. The van der Waals surface area contributed by atoms with Gasteiger partial charge in [0, 0.05) is 24.5 Å². The van der Waals surface area contributed by atoms with Gasteiger partial charge in [0.15, 0.2) is 6.29 Å². The molecule has 3 heteroatoms. The van der Waals surface area contributed by atoms with Crippen LogP contribution < -0.4 is 0 Å². The number of carbonyl (C=O) groups excluding carboxylic acids is 1. The second kappa shape index (κ2) is 3.73. The van der Waals surface area contributed by atoms with E-state index in [-0.39, 0.29) is 0 Å². The van der Waals surface area contributed by atoms with E-state index >= 15 is 0 Å². The van der Waals surface area contributed by atoms with Crippen LogP contribution in [0.5, 0.6) is 0 Å². The number of hydrogen-bond donors (Lipinski definition) is 0. The van der Waals surface area contributed by atoms with E-state index in [1.165, 1.54) is 0 Å². The smallest absolute Gasteiger partial charge is 0.151 e. The summed E-state index contributed by atoms with van der Waals surface area (Å²) in [6.45, 7) is 3.71. The van der Waals surface area contributed by atoms with Crippen molar-refractivity contribution in [3.8, 4) is 0 Å². The minimum Gasteiger partial charge on any atom is -0.353 e. The van der Waals surface area contributed by atoms with Crippen molar-refractivity contribution < 1.29 is 9.18 Å². The Morgan fingerprint density at radius 3 is 2.77 bits per heavy atom. The fourth-order valence-corrected chi connectivity index (χ4v) is 1.06. The third-order valence-corrected chi connectivity index (χ3v) is 1.87. The molecule has 0 aliphatic rings. The van der Waals surface area contributed by atoms with Gasteiger partial charge >= 0.3 is 0 Å². The quantitative estimate of drug-likeness (QED) is 0.657. The molecule has 0 spiro atoms. The van der Waals surface area contributed by atoms with E-state index in [1.807, 2.05) is 4.57 Å². The molecule has 72 valence electrons. The van der Waals surface area contributed by atoms with Gasteiger partial charge in [-0.3, -0.25) is 4.79 Å². The molecule has 1 rings (SSSR count). The Balaban J connectivity index is 2.50. The lowest BCUT2D eigenvalue weighted by Crippen LogP contribution is -2.14. The average molecular weight is 183 g/mol. The summed E-state index contributed by atoms with van der Waals surface area (Å²) in [5, 5.41) is 0. The predicted molar refractivity (Wildman–Crippen MR) is 49.6 cm³/mol. The first kappa shape index (κ1) is 9.96. The number of aldehydes is 1. The fourth-order valence-electron chi connectivity index (χ4n) is 1.06. The SMILES string of the molecule is CC(C)(F)CCn1ccc(C=O)c1. The molecule has 0 aromatic carbocycles. The molecule has 0 saturated heterocycles. The van der Waals surface area contributed by atoms with Crippen LogP contribution in [0.1, 0.15) is 30.6 Å². The summed E-state index contributed by atoms with van der Waals surface area (Å²) >= 11 is 0. The minimum absolute atomic E-state index is 0.458. The Hall–Kier alpha value is -1.12. The number of rotatable bonds is 4. The summed E-state index contributed by atoms with van der Waals surface area (Å²) in [5.74, 6) is 0. The molecule has 0 aliphatic carbocycles. The number of alkyl halides is 1. The average Bonchev–Trinajstić information content (AvgIpc) is 2.47. The lowest BCUT2D eigenvalue weighted by atomic mass is 10.1. The molecule has 0 atom stereocenters. The first-order valence-electron chi connectivity index (χ1n) is 4.31. The first-order chi connectivity index (χ1) is 6.01. The highest BCUT2D eigenvalue weighted by molar-refractivity contribution is 5.74. The van der Waals surface area contributed by atoms with Gasteiger partial charge in [0.1, 0.15) is 5.67 Å². The van der Waals surface area contributed by atoms with Crippen LogP contribution in [0.15, 0.2) is 18.5 Å². The Morgan fingerprint density at radius 2 is 2.31 bits per heavy atom. The molecule has 0 saturated carbocycles. The molecular weight excluding hydrogens is 169 g/mol. The number of aryl methyl sites for hydroxylation is 1. The summed E-state index contributed by atoms with van der Waals surface area (Å²) in [6.07, 6.45) is 4.76. The number of carbonyl (C=O) groups is 1. The van der Waals surface area contributed by atoms with Crippen molar-refractivity contribution in [3.05, 3.63) is 24.0 Å². The van der Waals surface area contributed by atoms with Crippen LogP contribution in [0, 0.1) is 0 Å². The van der Waals surface area contributed by atoms with Crippen molar-refractivity contribution in [2.75, 3.05) is 0 Å². The summed E-state index contributed by atoms with van der Waals surface area (Å²) < 4.78 is 14.9. The highest BCUT2D eigenvalue weighted by atomic mass is 19.1. The molecule has 0 fully saturated rings. The Labute approximate surface area is 77.4 Å². The van der Waals surface area contributed by atoms with Crippen LogP contribution in [0.4, 0.5) is 4.39 Å². The highest BCUT2D eigenvalue weighted by Crippen LogP contribution is 2.14. The molecule has 0 radical (unpaired) electrons. The zero-order valence-corrected chi connectivity index (χ0v) is 7.96. The lowest BCUT2D eigenvalue weighted by Gasteiger charge is -2.13. The van der Waals surface area contributed by atoms with Crippen molar-refractivity contribution in [1.29, 1.82) is 0 Å². The van der Waals surface area contributed by atoms with E-state index in [4.69, 9.17) is 0 Å². The van der Waals surface area contributed by atoms with E-state index in [2.05, 4.69) is 0 Å². The molecule has 0 bridgehead atoms. The summed E-state index contributed by atoms with van der Waals surface area (Å²) in [7, 11) is 0. The monoisotopic (exact) mass is 183 g/mol. The zero-order chi connectivity index (χ0) is 9.90. The van der Waals surface area contributed by atoms with Crippen molar-refractivity contribution in [3.63, 3.8) is 0 Å². The largest absolute Gasteiger partial charge is 0.353 e. The van der Waals surface area contributed by atoms with Gasteiger partial charge in [-0.2, -0.15) is 0 Å². The molecule has 0 N–H and O–H groups in total. The number of aromatic nitrogens is 1. The molecule has 13 heavy (non-hydrogen) atoms. The maximum Gasteiger partial charge on any atom is 0.151 e. The van der Waals surface area contributed by atoms with E-state index in [0.29, 0.717) is 18.5 Å². The maximum absolute atomic E-state index is 13.1. The summed E-state index contributed by atoms with van der Waals surface area (Å²) in [4.78, 5) is 10.3. The van der Waals surface area contributed by atoms with Gasteiger partial charge in [0.2, 0.25) is 0 Å². The highest BCUT2D eigenvalue weighted by Gasteiger charge is 2.14. The number of nitrogens with zero attached hydrogens (tertiary/aromatic N) is 1. The van der Waals surface area contributed by atoms with Crippen LogP contribution in [0.25, 0.3) is 0 Å². The molecule has 1 heterocycles. The minimum atomic E-state index is -1.15. The second-order valence-electron chi connectivity index (χ2n) is 3.77.